The molecule has 0 aliphatic carbocycles. The summed E-state index contributed by atoms with van der Waals surface area (Å²) in [6.45, 7) is -0.295. The maximum absolute atomic E-state index is 11.8. The van der Waals surface area contributed by atoms with Gasteiger partial charge in [-0.15, -0.1) is 11.3 Å². The highest BCUT2D eigenvalue weighted by Crippen LogP contribution is 2.36. The van der Waals surface area contributed by atoms with Crippen LogP contribution in [0.1, 0.15) is 15.2 Å². The summed E-state index contributed by atoms with van der Waals surface area (Å²) < 4.78 is 15.0. The van der Waals surface area contributed by atoms with Gasteiger partial charge < -0.3 is 14.2 Å². The number of benzene rings is 1. The first-order valence-electron chi connectivity index (χ1n) is 6.99. The first-order chi connectivity index (χ1) is 12.0. The molecule has 0 fully saturated rings. The molecule has 0 saturated carbocycles. The molecule has 1 amide bonds. The molecule has 0 spiro atoms. The molecule has 132 valence electrons. The zero-order valence-corrected chi connectivity index (χ0v) is 15.0. The Kier molecular flexibility index (Phi) is 6.79. The van der Waals surface area contributed by atoms with E-state index in [0.717, 1.165) is 0 Å². The molecule has 0 saturated heterocycles. The van der Waals surface area contributed by atoms with Crippen molar-refractivity contribution in [3.8, 4) is 11.5 Å². The highest BCUT2D eigenvalue weighted by molar-refractivity contribution is 7.12. The lowest BCUT2D eigenvalue weighted by molar-refractivity contribution is -0.142. The molecule has 25 heavy (non-hydrogen) atoms. The van der Waals surface area contributed by atoms with Crippen LogP contribution in [0.4, 0.5) is 0 Å². The van der Waals surface area contributed by atoms with Crippen LogP contribution in [-0.2, 0) is 9.53 Å². The number of carbonyl (C=O) groups is 2. The first-order valence-corrected chi connectivity index (χ1v) is 8.25. The normalized spacial score (nSPS) is 10.5. The number of thiophene rings is 1. The van der Waals surface area contributed by atoms with Gasteiger partial charge in [0.05, 0.1) is 30.3 Å². The predicted octanol–water partition coefficient (Wildman–Crippen LogP) is 2.73. The SMILES string of the molecule is COC(=O)COc1c(Cl)cc(/C=N/NC(=O)c2cccs2)cc1OC. The summed E-state index contributed by atoms with van der Waals surface area (Å²) in [5, 5.41) is 5.92. The molecule has 2 aromatic rings. The third-order valence-corrected chi connectivity index (χ3v) is 4.09. The molecular formula is C16H15ClN2O5S. The molecule has 0 bridgehead atoms. The molecule has 0 aliphatic rings. The second-order valence-corrected chi connectivity index (χ2v) is 5.93. The predicted molar refractivity (Wildman–Crippen MR) is 94.9 cm³/mol. The lowest BCUT2D eigenvalue weighted by Crippen LogP contribution is -2.16. The molecule has 1 aromatic carbocycles. The molecular weight excluding hydrogens is 368 g/mol. The number of nitrogens with one attached hydrogen (secondary N) is 1. The van der Waals surface area contributed by atoms with E-state index in [1.54, 1.807) is 29.6 Å². The number of esters is 1. The number of hydrazone groups is 1. The average Bonchev–Trinajstić information content (AvgIpc) is 3.14. The van der Waals surface area contributed by atoms with E-state index in [0.29, 0.717) is 16.2 Å². The second kappa shape index (κ2) is 9.05. The fourth-order valence-electron chi connectivity index (χ4n) is 1.77. The minimum Gasteiger partial charge on any atom is -0.493 e. The molecule has 1 heterocycles. The Morgan fingerprint density at radius 1 is 1.36 bits per heavy atom. The third-order valence-electron chi connectivity index (χ3n) is 2.94. The van der Waals surface area contributed by atoms with Gasteiger partial charge in [-0.2, -0.15) is 5.10 Å². The van der Waals surface area contributed by atoms with Crippen LogP contribution in [0.15, 0.2) is 34.7 Å². The van der Waals surface area contributed by atoms with Crippen LogP contribution in [-0.4, -0.2) is 38.9 Å². The van der Waals surface area contributed by atoms with Gasteiger partial charge in [0.25, 0.3) is 5.91 Å². The Balaban J connectivity index is 2.08. The van der Waals surface area contributed by atoms with Gasteiger partial charge in [-0.25, -0.2) is 10.2 Å². The van der Waals surface area contributed by atoms with Crippen molar-refractivity contribution in [3.63, 3.8) is 0 Å². The van der Waals surface area contributed by atoms with Gasteiger partial charge >= 0.3 is 5.97 Å². The smallest absolute Gasteiger partial charge is 0.343 e. The van der Waals surface area contributed by atoms with Gasteiger partial charge in [0.2, 0.25) is 0 Å². The molecule has 9 heteroatoms. The van der Waals surface area contributed by atoms with Crippen molar-refractivity contribution < 1.29 is 23.8 Å². The fourth-order valence-corrected chi connectivity index (χ4v) is 2.66. The number of carbonyl (C=O) groups excluding carboxylic acids is 2. The van der Waals surface area contributed by atoms with E-state index in [2.05, 4.69) is 15.3 Å². The minimum atomic E-state index is -0.542. The minimum absolute atomic E-state index is 0.217. The quantitative estimate of drug-likeness (QED) is 0.452. The van der Waals surface area contributed by atoms with Gasteiger partial charge in [-0.1, -0.05) is 17.7 Å². The zero-order valence-electron chi connectivity index (χ0n) is 13.4. The van der Waals surface area contributed by atoms with Crippen LogP contribution in [0.3, 0.4) is 0 Å². The van der Waals surface area contributed by atoms with Crippen molar-refractivity contribution in [2.24, 2.45) is 5.10 Å². The number of halogens is 1. The summed E-state index contributed by atoms with van der Waals surface area (Å²) in [4.78, 5) is 23.5. The number of nitrogens with zero attached hydrogens (tertiary/aromatic N) is 1. The Hall–Kier alpha value is -2.58. The molecule has 0 unspecified atom stereocenters. The summed E-state index contributed by atoms with van der Waals surface area (Å²) in [7, 11) is 2.70. The number of rotatable bonds is 7. The van der Waals surface area contributed by atoms with Gasteiger partial charge in [0.1, 0.15) is 0 Å². The topological polar surface area (TPSA) is 86.2 Å². The van der Waals surface area contributed by atoms with Gasteiger partial charge in [0.15, 0.2) is 18.1 Å². The first kappa shape index (κ1) is 18.8. The van der Waals surface area contributed by atoms with Crippen molar-refractivity contribution in [3.05, 3.63) is 45.1 Å². The number of ether oxygens (including phenoxy) is 3. The molecule has 0 radical (unpaired) electrons. The van der Waals surface area contributed by atoms with Crippen LogP contribution in [0.25, 0.3) is 0 Å². The van der Waals surface area contributed by atoms with Crippen LogP contribution in [0.5, 0.6) is 11.5 Å². The van der Waals surface area contributed by atoms with Gasteiger partial charge in [-0.3, -0.25) is 4.79 Å². The average molecular weight is 383 g/mol. The van der Waals surface area contributed by atoms with Crippen molar-refractivity contribution in [2.75, 3.05) is 20.8 Å². The molecule has 1 N–H and O–H groups in total. The van der Waals surface area contributed by atoms with E-state index in [9.17, 15) is 9.59 Å². The second-order valence-electron chi connectivity index (χ2n) is 4.58. The number of amides is 1. The van der Waals surface area contributed by atoms with E-state index in [4.69, 9.17) is 21.1 Å². The van der Waals surface area contributed by atoms with Crippen molar-refractivity contribution in [2.45, 2.75) is 0 Å². The number of methoxy groups -OCH3 is 2. The Labute approximate surface area is 153 Å². The highest BCUT2D eigenvalue weighted by atomic mass is 35.5. The monoisotopic (exact) mass is 382 g/mol. The Morgan fingerprint density at radius 3 is 2.80 bits per heavy atom. The van der Waals surface area contributed by atoms with Gasteiger partial charge in [0, 0.05) is 0 Å². The van der Waals surface area contributed by atoms with Crippen LogP contribution >= 0.6 is 22.9 Å². The molecule has 7 nitrogen and oxygen atoms in total. The van der Waals surface area contributed by atoms with E-state index < -0.39 is 5.97 Å². The maximum atomic E-state index is 11.8. The van der Waals surface area contributed by atoms with E-state index in [1.165, 1.54) is 31.8 Å². The highest BCUT2D eigenvalue weighted by Gasteiger charge is 2.13. The van der Waals surface area contributed by atoms with Crippen molar-refractivity contribution in [1.82, 2.24) is 5.43 Å². The molecule has 1 aromatic heterocycles. The lowest BCUT2D eigenvalue weighted by Gasteiger charge is -2.12. The zero-order chi connectivity index (χ0) is 18.2. The van der Waals surface area contributed by atoms with Crippen molar-refractivity contribution in [1.29, 1.82) is 0 Å². The lowest BCUT2D eigenvalue weighted by atomic mass is 10.2. The number of hydrogen-bond acceptors (Lipinski definition) is 7. The van der Waals surface area contributed by atoms with Crippen LogP contribution in [0.2, 0.25) is 5.02 Å². The summed E-state index contributed by atoms with van der Waals surface area (Å²) in [6.07, 6.45) is 1.42. The summed E-state index contributed by atoms with van der Waals surface area (Å²) in [6, 6.07) is 6.65. The standard InChI is InChI=1S/C16H15ClN2O5S/c1-22-12-7-10(6-11(17)15(12)24-9-14(20)23-2)8-18-19-16(21)13-4-3-5-25-13/h3-8H,9H2,1-2H3,(H,19,21)/b18-8+. The van der Waals surface area contributed by atoms with Crippen LogP contribution in [0, 0.1) is 0 Å². The fraction of sp³-hybridized carbons (Fsp3) is 0.188. The third kappa shape index (κ3) is 5.20. The summed E-state index contributed by atoms with van der Waals surface area (Å²) in [5.74, 6) is -0.306. The molecule has 0 aliphatic heterocycles. The Morgan fingerprint density at radius 2 is 2.16 bits per heavy atom. The van der Waals surface area contributed by atoms with Crippen LogP contribution < -0.4 is 14.9 Å². The maximum Gasteiger partial charge on any atom is 0.343 e. The van der Waals surface area contributed by atoms with E-state index in [1.807, 2.05) is 0 Å². The number of hydrogen-bond donors (Lipinski definition) is 1. The summed E-state index contributed by atoms with van der Waals surface area (Å²) in [5.41, 5.74) is 3.00. The molecule has 0 atom stereocenters. The van der Waals surface area contributed by atoms with E-state index in [-0.39, 0.29) is 23.3 Å². The van der Waals surface area contributed by atoms with Crippen molar-refractivity contribution >= 4 is 41.0 Å². The Bertz CT molecular complexity index is 777. The molecule has 2 rings (SSSR count). The summed E-state index contributed by atoms with van der Waals surface area (Å²) >= 11 is 7.47. The van der Waals surface area contributed by atoms with E-state index >= 15 is 0 Å². The largest absolute Gasteiger partial charge is 0.493 e. The van der Waals surface area contributed by atoms with Gasteiger partial charge in [-0.05, 0) is 29.1 Å².